The first kappa shape index (κ1) is 23.2. The van der Waals surface area contributed by atoms with Gasteiger partial charge in [-0.1, -0.05) is 78.9 Å². The first-order chi connectivity index (χ1) is 16.0. The van der Waals surface area contributed by atoms with Crippen LogP contribution in [-0.4, -0.2) is 40.0 Å². The van der Waals surface area contributed by atoms with E-state index in [4.69, 9.17) is 0 Å². The fraction of sp³-hybridized carbons (Fsp3) is 0.269. The van der Waals surface area contributed by atoms with Crippen LogP contribution in [0.5, 0.6) is 0 Å². The molecule has 0 spiro atoms. The molecule has 1 aliphatic heterocycles. The predicted molar refractivity (Wildman–Crippen MR) is 129 cm³/mol. The third-order valence-corrected chi connectivity index (χ3v) is 7.52. The molecule has 1 aliphatic rings. The summed E-state index contributed by atoms with van der Waals surface area (Å²) in [4.78, 5) is 13.2. The Hall–Kier alpha value is -3.00. The second-order valence-electron chi connectivity index (χ2n) is 8.34. The Kier molecular flexibility index (Phi) is 7.54. The van der Waals surface area contributed by atoms with E-state index in [-0.39, 0.29) is 28.7 Å². The zero-order valence-electron chi connectivity index (χ0n) is 18.4. The fourth-order valence-corrected chi connectivity index (χ4v) is 5.53. The maximum atomic E-state index is 13.0. The highest BCUT2D eigenvalue weighted by molar-refractivity contribution is 7.89. The molecule has 0 saturated carbocycles. The molecule has 33 heavy (non-hydrogen) atoms. The standard InChI is InChI=1S/C26H29N3O3S/c30-26(28-19-25(20-10-4-1-5-11-20)21-12-6-2-7-13-21)22-16-23(18-27-17-22)29-33(31,32)24-14-8-3-9-15-24/h1-15,22-23,25,27,29H,16-19H2,(H,28,30). The highest BCUT2D eigenvalue weighted by Gasteiger charge is 2.30. The van der Waals surface area contributed by atoms with E-state index < -0.39 is 10.0 Å². The second kappa shape index (κ2) is 10.7. The summed E-state index contributed by atoms with van der Waals surface area (Å²) < 4.78 is 28.1. The number of rotatable bonds is 8. The van der Waals surface area contributed by atoms with Crippen molar-refractivity contribution in [2.75, 3.05) is 19.6 Å². The maximum absolute atomic E-state index is 13.0. The first-order valence-corrected chi connectivity index (χ1v) is 12.7. The van der Waals surface area contributed by atoms with Gasteiger partial charge in [0, 0.05) is 31.6 Å². The largest absolute Gasteiger partial charge is 0.355 e. The summed E-state index contributed by atoms with van der Waals surface area (Å²) in [6.45, 7) is 1.49. The van der Waals surface area contributed by atoms with E-state index >= 15 is 0 Å². The topological polar surface area (TPSA) is 87.3 Å². The highest BCUT2D eigenvalue weighted by Crippen LogP contribution is 2.24. The maximum Gasteiger partial charge on any atom is 0.240 e. The van der Waals surface area contributed by atoms with Crippen molar-refractivity contribution >= 4 is 15.9 Å². The summed E-state index contributed by atoms with van der Waals surface area (Å²) in [6, 6.07) is 28.2. The van der Waals surface area contributed by atoms with Gasteiger partial charge in [-0.3, -0.25) is 4.79 Å². The van der Waals surface area contributed by atoms with E-state index in [2.05, 4.69) is 39.6 Å². The molecule has 6 nitrogen and oxygen atoms in total. The van der Waals surface area contributed by atoms with Crippen LogP contribution in [0.2, 0.25) is 0 Å². The van der Waals surface area contributed by atoms with Crippen LogP contribution in [0.1, 0.15) is 23.5 Å². The van der Waals surface area contributed by atoms with Gasteiger partial charge in [0.15, 0.2) is 0 Å². The molecule has 3 N–H and O–H groups in total. The van der Waals surface area contributed by atoms with E-state index in [1.165, 1.54) is 0 Å². The quantitative estimate of drug-likeness (QED) is 0.479. The number of benzene rings is 3. The van der Waals surface area contributed by atoms with Crippen LogP contribution in [0.15, 0.2) is 95.9 Å². The lowest BCUT2D eigenvalue weighted by atomic mass is 9.90. The molecule has 4 rings (SSSR count). The van der Waals surface area contributed by atoms with Crippen molar-refractivity contribution in [1.82, 2.24) is 15.4 Å². The SMILES string of the molecule is O=C(NCC(c1ccccc1)c1ccccc1)C1CNCC(NS(=O)(=O)c2ccccc2)C1. The minimum atomic E-state index is -3.63. The van der Waals surface area contributed by atoms with Gasteiger partial charge in [0.2, 0.25) is 15.9 Å². The van der Waals surface area contributed by atoms with Crippen molar-refractivity contribution < 1.29 is 13.2 Å². The Morgan fingerprint density at radius 2 is 1.39 bits per heavy atom. The van der Waals surface area contributed by atoms with Crippen LogP contribution in [0, 0.1) is 5.92 Å². The fourth-order valence-electron chi connectivity index (χ4n) is 4.26. The Bertz CT molecular complexity index is 1100. The summed E-state index contributed by atoms with van der Waals surface area (Å²) >= 11 is 0. The van der Waals surface area contributed by atoms with Crippen molar-refractivity contribution in [2.45, 2.75) is 23.3 Å². The van der Waals surface area contributed by atoms with Gasteiger partial charge in [-0.15, -0.1) is 0 Å². The van der Waals surface area contributed by atoms with Crippen molar-refractivity contribution in [3.63, 3.8) is 0 Å². The molecule has 2 unspecified atom stereocenters. The number of amides is 1. The number of carbonyl (C=O) groups excluding carboxylic acids is 1. The summed E-state index contributed by atoms with van der Waals surface area (Å²) in [5.41, 5.74) is 2.28. The monoisotopic (exact) mass is 463 g/mol. The molecule has 3 aromatic rings. The van der Waals surface area contributed by atoms with E-state index in [1.54, 1.807) is 30.3 Å². The van der Waals surface area contributed by atoms with Crippen LogP contribution in [0.25, 0.3) is 0 Å². The van der Waals surface area contributed by atoms with Crippen LogP contribution >= 0.6 is 0 Å². The smallest absolute Gasteiger partial charge is 0.240 e. The van der Waals surface area contributed by atoms with Crippen molar-refractivity contribution in [3.8, 4) is 0 Å². The molecule has 2 atom stereocenters. The van der Waals surface area contributed by atoms with E-state index in [0.29, 0.717) is 26.1 Å². The molecule has 0 radical (unpaired) electrons. The van der Waals surface area contributed by atoms with Crippen LogP contribution in [0.3, 0.4) is 0 Å². The number of piperidine rings is 1. The molecular weight excluding hydrogens is 434 g/mol. The molecule has 1 amide bonds. The number of carbonyl (C=O) groups is 1. The second-order valence-corrected chi connectivity index (χ2v) is 10.1. The number of nitrogens with one attached hydrogen (secondary N) is 3. The average Bonchev–Trinajstić information content (AvgIpc) is 2.86. The molecular formula is C26H29N3O3S. The highest BCUT2D eigenvalue weighted by atomic mass is 32.2. The molecule has 1 fully saturated rings. The third-order valence-electron chi connectivity index (χ3n) is 5.98. The Balaban J connectivity index is 1.39. The minimum absolute atomic E-state index is 0.0419. The number of hydrogen-bond donors (Lipinski definition) is 3. The van der Waals surface area contributed by atoms with Gasteiger partial charge >= 0.3 is 0 Å². The van der Waals surface area contributed by atoms with E-state index in [9.17, 15) is 13.2 Å². The Morgan fingerprint density at radius 1 is 0.848 bits per heavy atom. The molecule has 0 aliphatic carbocycles. The number of sulfonamides is 1. The summed E-state index contributed by atoms with van der Waals surface area (Å²) in [5.74, 6) is -0.335. The molecule has 7 heteroatoms. The molecule has 3 aromatic carbocycles. The molecule has 1 saturated heterocycles. The molecule has 0 bridgehead atoms. The van der Waals surface area contributed by atoms with Crippen LogP contribution in [0.4, 0.5) is 0 Å². The zero-order valence-corrected chi connectivity index (χ0v) is 19.2. The van der Waals surface area contributed by atoms with Gasteiger partial charge in [0.1, 0.15) is 0 Å². The summed E-state index contributed by atoms with van der Waals surface area (Å²) in [7, 11) is -3.63. The number of hydrogen-bond acceptors (Lipinski definition) is 4. The molecule has 0 aromatic heterocycles. The predicted octanol–water partition coefficient (Wildman–Crippen LogP) is 2.89. The van der Waals surface area contributed by atoms with Gasteiger partial charge in [-0.05, 0) is 29.7 Å². The van der Waals surface area contributed by atoms with E-state index in [1.807, 2.05) is 36.4 Å². The molecule has 172 valence electrons. The van der Waals surface area contributed by atoms with E-state index in [0.717, 1.165) is 11.1 Å². The van der Waals surface area contributed by atoms with Crippen molar-refractivity contribution in [2.24, 2.45) is 5.92 Å². The summed E-state index contributed by atoms with van der Waals surface area (Å²) in [5, 5.41) is 6.31. The first-order valence-electron chi connectivity index (χ1n) is 11.2. The molecule has 1 heterocycles. The minimum Gasteiger partial charge on any atom is -0.355 e. The van der Waals surface area contributed by atoms with Crippen LogP contribution in [-0.2, 0) is 14.8 Å². The summed E-state index contributed by atoms with van der Waals surface area (Å²) in [6.07, 6.45) is 0.451. The van der Waals surface area contributed by atoms with Crippen LogP contribution < -0.4 is 15.4 Å². The lowest BCUT2D eigenvalue weighted by Gasteiger charge is -2.30. The van der Waals surface area contributed by atoms with Crippen molar-refractivity contribution in [3.05, 3.63) is 102 Å². The van der Waals surface area contributed by atoms with Gasteiger partial charge < -0.3 is 10.6 Å². The van der Waals surface area contributed by atoms with Gasteiger partial charge in [0.05, 0.1) is 10.8 Å². The lowest BCUT2D eigenvalue weighted by molar-refractivity contribution is -0.125. The van der Waals surface area contributed by atoms with Crippen molar-refractivity contribution in [1.29, 1.82) is 0 Å². The average molecular weight is 464 g/mol. The zero-order chi connectivity index (χ0) is 23.1. The normalized spacial score (nSPS) is 18.7. The van der Waals surface area contributed by atoms with Gasteiger partial charge in [-0.25, -0.2) is 13.1 Å². The lowest BCUT2D eigenvalue weighted by Crippen LogP contribution is -2.52. The van der Waals surface area contributed by atoms with Gasteiger partial charge in [0.25, 0.3) is 0 Å². The Labute approximate surface area is 195 Å². The van der Waals surface area contributed by atoms with Gasteiger partial charge in [-0.2, -0.15) is 0 Å². The third kappa shape index (κ3) is 6.07. The Morgan fingerprint density at radius 3 is 1.97 bits per heavy atom.